The number of carbonyl (C=O) groups is 1. The van der Waals surface area contributed by atoms with E-state index in [4.69, 9.17) is 0 Å². The van der Waals surface area contributed by atoms with Crippen LogP contribution < -0.4 is 0 Å². The molecule has 0 radical (unpaired) electrons. The number of likely N-dealkylation sites (tertiary alicyclic amines) is 1. The second kappa shape index (κ2) is 3.27. The van der Waals surface area contributed by atoms with E-state index in [0.29, 0.717) is 0 Å². The van der Waals surface area contributed by atoms with E-state index < -0.39 is 6.09 Å². The molecule has 1 N–H and O–H groups in total. The van der Waals surface area contributed by atoms with Gasteiger partial charge in [-0.05, 0) is 12.8 Å². The first-order valence-corrected chi connectivity index (χ1v) is 5.12. The Morgan fingerprint density at radius 2 is 1.62 bits per heavy atom. The third kappa shape index (κ3) is 1.34. The zero-order valence-electron chi connectivity index (χ0n) is 7.91. The van der Waals surface area contributed by atoms with Crippen molar-refractivity contribution in [2.45, 2.75) is 25.7 Å². The van der Waals surface area contributed by atoms with Crippen molar-refractivity contribution >= 4 is 6.09 Å². The van der Waals surface area contributed by atoms with Gasteiger partial charge in [-0.2, -0.15) is 4.79 Å². The maximum Gasteiger partial charge on any atom is 0.533 e. The van der Waals surface area contributed by atoms with Crippen LogP contribution in [0.3, 0.4) is 0 Å². The van der Waals surface area contributed by atoms with Crippen molar-refractivity contribution in [1.82, 2.24) is 5.01 Å². The zero-order chi connectivity index (χ0) is 9.31. The summed E-state index contributed by atoms with van der Waals surface area (Å²) in [4.78, 5) is 11.2. The van der Waals surface area contributed by atoms with Crippen LogP contribution in [0.25, 0.3) is 0 Å². The first-order valence-electron chi connectivity index (χ1n) is 5.12. The lowest BCUT2D eigenvalue weighted by molar-refractivity contribution is -0.959. The highest BCUT2D eigenvalue weighted by Crippen LogP contribution is 2.26. The smallest absolute Gasteiger partial charge is 0.434 e. The lowest BCUT2D eigenvalue weighted by atomic mass is 10.4. The summed E-state index contributed by atoms with van der Waals surface area (Å²) in [6.45, 7) is 3.53. The van der Waals surface area contributed by atoms with Crippen LogP contribution in [0.15, 0.2) is 0 Å². The molecule has 2 aliphatic heterocycles. The van der Waals surface area contributed by atoms with Crippen molar-refractivity contribution in [2.24, 2.45) is 0 Å². The van der Waals surface area contributed by atoms with Gasteiger partial charge in [0.1, 0.15) is 13.1 Å². The topological polar surface area (TPSA) is 40.5 Å². The summed E-state index contributed by atoms with van der Waals surface area (Å²) in [5.41, 5.74) is 0. The number of hydrogen-bond acceptors (Lipinski definition) is 2. The van der Waals surface area contributed by atoms with E-state index in [2.05, 4.69) is 5.01 Å². The van der Waals surface area contributed by atoms with E-state index in [0.717, 1.165) is 51.9 Å². The fourth-order valence-electron chi connectivity index (χ4n) is 2.54. The lowest BCUT2D eigenvalue weighted by Crippen LogP contribution is -2.60. The molecule has 0 aliphatic carbocycles. The summed E-state index contributed by atoms with van der Waals surface area (Å²) in [6.07, 6.45) is 3.78. The van der Waals surface area contributed by atoms with Gasteiger partial charge in [0.05, 0.1) is 0 Å². The van der Waals surface area contributed by atoms with Gasteiger partial charge in [-0.25, -0.2) is 0 Å². The van der Waals surface area contributed by atoms with E-state index in [-0.39, 0.29) is 4.59 Å². The molecule has 2 heterocycles. The summed E-state index contributed by atoms with van der Waals surface area (Å²) in [5, 5.41) is 11.4. The molecule has 2 aliphatic rings. The number of hydrogen-bond donors (Lipinski definition) is 1. The minimum absolute atomic E-state index is 0.222. The van der Waals surface area contributed by atoms with Gasteiger partial charge in [0.15, 0.2) is 0 Å². The molecule has 0 aromatic rings. The fourth-order valence-corrected chi connectivity index (χ4v) is 2.54. The molecule has 0 saturated carbocycles. The molecule has 2 fully saturated rings. The van der Waals surface area contributed by atoms with Crippen LogP contribution in [-0.2, 0) is 0 Å². The van der Waals surface area contributed by atoms with Gasteiger partial charge in [0, 0.05) is 25.9 Å². The minimum atomic E-state index is -0.653. The Kier molecular flexibility index (Phi) is 2.26. The first-order chi connectivity index (χ1) is 6.26. The van der Waals surface area contributed by atoms with Crippen molar-refractivity contribution in [3.05, 3.63) is 0 Å². The second-order valence-electron chi connectivity index (χ2n) is 4.02. The normalized spacial score (nSPS) is 28.0. The van der Waals surface area contributed by atoms with Crippen LogP contribution in [0.4, 0.5) is 4.79 Å². The zero-order valence-corrected chi connectivity index (χ0v) is 7.91. The summed E-state index contributed by atoms with van der Waals surface area (Å²) >= 11 is 0. The number of quaternary nitrogens is 1. The largest absolute Gasteiger partial charge is 0.533 e. The Morgan fingerprint density at radius 3 is 2.08 bits per heavy atom. The Hall–Kier alpha value is -0.610. The molecule has 0 aromatic carbocycles. The lowest BCUT2D eigenvalue weighted by Gasteiger charge is -2.34. The highest BCUT2D eigenvalue weighted by Gasteiger charge is 2.47. The standard InChI is InChI=1S/C9H16N2O2/c12-9(13)11(7-3-4-8-11)10-5-1-2-6-10/h1-8H2/p+1. The van der Waals surface area contributed by atoms with Crippen LogP contribution in [0.1, 0.15) is 25.7 Å². The van der Waals surface area contributed by atoms with Gasteiger partial charge in [-0.1, -0.05) is 0 Å². The number of rotatable bonds is 1. The molecule has 0 aromatic heterocycles. The maximum atomic E-state index is 11.2. The highest BCUT2D eigenvalue weighted by atomic mass is 16.4. The van der Waals surface area contributed by atoms with Crippen molar-refractivity contribution in [1.29, 1.82) is 0 Å². The quantitative estimate of drug-likeness (QED) is 0.626. The Bertz CT molecular complexity index is 206. The first kappa shape index (κ1) is 8.97. The highest BCUT2D eigenvalue weighted by molar-refractivity contribution is 5.56. The van der Waals surface area contributed by atoms with Gasteiger partial charge in [-0.15, -0.1) is 9.60 Å². The number of nitrogens with zero attached hydrogens (tertiary/aromatic N) is 2. The third-order valence-electron chi connectivity index (χ3n) is 3.29. The minimum Gasteiger partial charge on any atom is -0.434 e. The molecule has 0 unspecified atom stereocenters. The van der Waals surface area contributed by atoms with Gasteiger partial charge in [0.2, 0.25) is 0 Å². The monoisotopic (exact) mass is 185 g/mol. The molecule has 4 nitrogen and oxygen atoms in total. The van der Waals surface area contributed by atoms with Crippen molar-refractivity contribution < 1.29 is 14.5 Å². The predicted molar refractivity (Wildman–Crippen MR) is 48.1 cm³/mol. The molecule has 0 spiro atoms. The summed E-state index contributed by atoms with van der Waals surface area (Å²) < 4.78 is 0.222. The molecule has 74 valence electrons. The van der Waals surface area contributed by atoms with E-state index in [1.54, 1.807) is 0 Å². The third-order valence-corrected chi connectivity index (χ3v) is 3.29. The van der Waals surface area contributed by atoms with E-state index >= 15 is 0 Å². The summed E-state index contributed by atoms with van der Waals surface area (Å²) in [6, 6.07) is 0. The Morgan fingerprint density at radius 1 is 1.08 bits per heavy atom. The van der Waals surface area contributed by atoms with E-state index in [9.17, 15) is 9.90 Å². The van der Waals surface area contributed by atoms with Crippen LogP contribution in [0.2, 0.25) is 0 Å². The average molecular weight is 185 g/mol. The van der Waals surface area contributed by atoms with E-state index in [1.165, 1.54) is 0 Å². The number of amides is 1. The summed E-state index contributed by atoms with van der Waals surface area (Å²) in [5.74, 6) is 0. The van der Waals surface area contributed by atoms with Crippen LogP contribution in [0.5, 0.6) is 0 Å². The van der Waals surface area contributed by atoms with Crippen LogP contribution in [-0.4, -0.2) is 47.0 Å². The number of carboxylic acid groups (broad SMARTS) is 1. The van der Waals surface area contributed by atoms with Gasteiger partial charge >= 0.3 is 6.09 Å². The molecule has 4 heteroatoms. The molecule has 2 saturated heterocycles. The molecule has 1 amide bonds. The molecule has 13 heavy (non-hydrogen) atoms. The fraction of sp³-hybridized carbons (Fsp3) is 0.889. The Labute approximate surface area is 78.3 Å². The molecule has 2 rings (SSSR count). The summed E-state index contributed by atoms with van der Waals surface area (Å²) in [7, 11) is 0. The van der Waals surface area contributed by atoms with Gasteiger partial charge in [0.25, 0.3) is 0 Å². The molecular formula is C9H17N2O2+. The van der Waals surface area contributed by atoms with Crippen molar-refractivity contribution in [3.8, 4) is 0 Å². The van der Waals surface area contributed by atoms with Crippen LogP contribution >= 0.6 is 0 Å². The van der Waals surface area contributed by atoms with Gasteiger partial charge in [-0.3, -0.25) is 0 Å². The van der Waals surface area contributed by atoms with Crippen molar-refractivity contribution in [3.63, 3.8) is 0 Å². The van der Waals surface area contributed by atoms with Gasteiger partial charge < -0.3 is 5.11 Å². The van der Waals surface area contributed by atoms with E-state index in [1.807, 2.05) is 0 Å². The average Bonchev–Trinajstić information content (AvgIpc) is 2.75. The predicted octanol–water partition coefficient (Wildman–Crippen LogP) is 1.29. The molecular weight excluding hydrogens is 168 g/mol. The van der Waals surface area contributed by atoms with Crippen LogP contribution in [0, 0.1) is 0 Å². The molecule has 0 atom stereocenters. The Balaban J connectivity index is 2.16. The molecule has 0 bridgehead atoms. The maximum absolute atomic E-state index is 11.2. The second-order valence-corrected chi connectivity index (χ2v) is 4.02. The SMILES string of the molecule is O=C(O)[N+]1(N2CCCC2)CCCC1. The van der Waals surface area contributed by atoms with Crippen molar-refractivity contribution in [2.75, 3.05) is 26.2 Å².